The minimum absolute atomic E-state index is 0.0164. The van der Waals surface area contributed by atoms with Crippen molar-refractivity contribution >= 4 is 5.78 Å². The molecule has 152 valence electrons. The quantitative estimate of drug-likeness (QED) is 0.513. The molecule has 2 unspecified atom stereocenters. The fourth-order valence-electron chi connectivity index (χ4n) is 3.25. The Balaban J connectivity index is 2.28. The van der Waals surface area contributed by atoms with Crippen LogP contribution in [0.15, 0.2) is 36.4 Å². The molecular formula is C21H20F6O. The largest absolute Gasteiger partial charge is 0.416 e. The maximum atomic E-state index is 12.9. The maximum absolute atomic E-state index is 12.9. The average Bonchev–Trinajstić information content (AvgIpc) is 2.57. The monoisotopic (exact) mass is 402 g/mol. The first-order valence-corrected chi connectivity index (χ1v) is 8.62. The van der Waals surface area contributed by atoms with Gasteiger partial charge in [-0.1, -0.05) is 38.1 Å². The van der Waals surface area contributed by atoms with Gasteiger partial charge >= 0.3 is 12.4 Å². The number of halogens is 6. The Kier molecular flexibility index (Phi) is 5.97. The van der Waals surface area contributed by atoms with Crippen LogP contribution < -0.4 is 0 Å². The highest BCUT2D eigenvalue weighted by Gasteiger charge is 2.34. The normalized spacial score (nSPS) is 14.6. The molecule has 28 heavy (non-hydrogen) atoms. The Morgan fingerprint density at radius 3 is 1.29 bits per heavy atom. The third-order valence-corrected chi connectivity index (χ3v) is 4.97. The molecule has 0 aliphatic carbocycles. The lowest BCUT2D eigenvalue weighted by atomic mass is 9.84. The molecule has 0 aromatic heterocycles. The summed E-state index contributed by atoms with van der Waals surface area (Å²) in [6.07, 6.45) is -8.94. The molecule has 2 rings (SSSR count). The van der Waals surface area contributed by atoms with E-state index in [1.165, 1.54) is 38.1 Å². The molecule has 7 heteroatoms. The van der Waals surface area contributed by atoms with E-state index in [0.717, 1.165) is 12.1 Å². The Labute approximate surface area is 159 Å². The summed E-state index contributed by atoms with van der Waals surface area (Å²) in [6, 6.07) is 7.08. The van der Waals surface area contributed by atoms with E-state index in [-0.39, 0.29) is 16.9 Å². The van der Waals surface area contributed by atoms with Crippen LogP contribution >= 0.6 is 0 Å². The summed E-state index contributed by atoms with van der Waals surface area (Å²) in [5.74, 6) is -1.67. The van der Waals surface area contributed by atoms with E-state index in [2.05, 4.69) is 0 Å². The van der Waals surface area contributed by atoms with Crippen molar-refractivity contribution in [3.63, 3.8) is 0 Å². The van der Waals surface area contributed by atoms with Crippen LogP contribution in [-0.4, -0.2) is 5.78 Å². The second-order valence-electron chi connectivity index (χ2n) is 6.99. The lowest BCUT2D eigenvalue weighted by Crippen LogP contribution is -2.18. The van der Waals surface area contributed by atoms with Crippen molar-refractivity contribution in [3.8, 4) is 0 Å². The van der Waals surface area contributed by atoms with Gasteiger partial charge in [-0.3, -0.25) is 4.79 Å². The number of hydrogen-bond acceptors (Lipinski definition) is 1. The minimum atomic E-state index is -4.47. The standard InChI is InChI=1S/C21H20F6O/c1-11-9-15(5-7-17(11)20(22,23)24)13(3)19(28)14(4)16-6-8-18(12(2)10-16)21(25,26)27/h5-10,13-14H,1-4H3. The zero-order valence-corrected chi connectivity index (χ0v) is 15.8. The minimum Gasteiger partial charge on any atom is -0.298 e. The van der Waals surface area contributed by atoms with Crippen LogP contribution in [0.3, 0.4) is 0 Å². The van der Waals surface area contributed by atoms with Crippen molar-refractivity contribution in [3.05, 3.63) is 69.8 Å². The van der Waals surface area contributed by atoms with E-state index >= 15 is 0 Å². The highest BCUT2D eigenvalue weighted by molar-refractivity contribution is 5.91. The van der Waals surface area contributed by atoms with Gasteiger partial charge < -0.3 is 0 Å². The van der Waals surface area contributed by atoms with Crippen molar-refractivity contribution in [2.45, 2.75) is 51.9 Å². The molecule has 1 nitrogen and oxygen atoms in total. The van der Waals surface area contributed by atoms with Gasteiger partial charge in [0, 0.05) is 11.8 Å². The number of rotatable bonds is 4. The van der Waals surface area contributed by atoms with Crippen molar-refractivity contribution in [1.82, 2.24) is 0 Å². The van der Waals surface area contributed by atoms with Gasteiger partial charge in [-0.05, 0) is 48.2 Å². The second-order valence-corrected chi connectivity index (χ2v) is 6.99. The van der Waals surface area contributed by atoms with Gasteiger partial charge in [-0.2, -0.15) is 26.3 Å². The molecule has 0 saturated carbocycles. The molecule has 0 N–H and O–H groups in total. The highest BCUT2D eigenvalue weighted by Crippen LogP contribution is 2.36. The number of Topliss-reactive ketones (excluding diaryl/α,β-unsaturated/α-hetero) is 1. The molecule has 0 saturated heterocycles. The molecule has 0 amide bonds. The van der Waals surface area contributed by atoms with Crippen LogP contribution in [0, 0.1) is 13.8 Å². The molecule has 0 aliphatic heterocycles. The van der Waals surface area contributed by atoms with E-state index in [0.29, 0.717) is 11.1 Å². The van der Waals surface area contributed by atoms with E-state index in [9.17, 15) is 31.1 Å². The molecule has 2 aromatic rings. The highest BCUT2D eigenvalue weighted by atomic mass is 19.4. The smallest absolute Gasteiger partial charge is 0.298 e. The van der Waals surface area contributed by atoms with Gasteiger partial charge in [0.25, 0.3) is 0 Å². The number of ketones is 1. The third-order valence-electron chi connectivity index (χ3n) is 4.97. The Morgan fingerprint density at radius 2 is 1.04 bits per heavy atom. The maximum Gasteiger partial charge on any atom is 0.416 e. The van der Waals surface area contributed by atoms with E-state index in [4.69, 9.17) is 0 Å². The SMILES string of the molecule is Cc1cc(C(C)C(=O)C(C)c2ccc(C(F)(F)F)c(C)c2)ccc1C(F)(F)F. The molecule has 0 radical (unpaired) electrons. The van der Waals surface area contributed by atoms with Crippen molar-refractivity contribution in [2.24, 2.45) is 0 Å². The Morgan fingerprint density at radius 1 is 0.714 bits per heavy atom. The van der Waals surface area contributed by atoms with Gasteiger partial charge in [-0.15, -0.1) is 0 Å². The first-order chi connectivity index (χ1) is 12.7. The van der Waals surface area contributed by atoms with E-state index in [1.54, 1.807) is 13.8 Å². The molecule has 0 bridgehead atoms. The summed E-state index contributed by atoms with van der Waals surface area (Å²) in [7, 11) is 0. The Hall–Kier alpha value is -2.31. The summed E-state index contributed by atoms with van der Waals surface area (Å²) in [6.45, 7) is 5.81. The molecular weight excluding hydrogens is 382 g/mol. The summed E-state index contributed by atoms with van der Waals surface area (Å²) in [4.78, 5) is 12.8. The van der Waals surface area contributed by atoms with Gasteiger partial charge in [0.15, 0.2) is 0 Å². The fraction of sp³-hybridized carbons (Fsp3) is 0.381. The number of carbonyl (C=O) groups excluding carboxylic acids is 1. The predicted octanol–water partition coefficient (Wildman–Crippen LogP) is 6.82. The van der Waals surface area contributed by atoms with Crippen LogP contribution in [0.1, 0.15) is 59.1 Å². The molecule has 2 aromatic carbocycles. The van der Waals surface area contributed by atoms with Crippen molar-refractivity contribution < 1.29 is 31.1 Å². The van der Waals surface area contributed by atoms with Crippen molar-refractivity contribution in [2.75, 3.05) is 0 Å². The average molecular weight is 402 g/mol. The number of aryl methyl sites for hydroxylation is 2. The van der Waals surface area contributed by atoms with Crippen LogP contribution in [0.2, 0.25) is 0 Å². The molecule has 2 atom stereocenters. The van der Waals surface area contributed by atoms with Gasteiger partial charge in [0.1, 0.15) is 5.78 Å². The molecule has 0 spiro atoms. The Bertz CT molecular complexity index is 808. The second kappa shape index (κ2) is 7.60. The zero-order valence-electron chi connectivity index (χ0n) is 15.8. The summed E-state index contributed by atoms with van der Waals surface area (Å²) in [5.41, 5.74) is -0.619. The van der Waals surface area contributed by atoms with Gasteiger partial charge in [-0.25, -0.2) is 0 Å². The van der Waals surface area contributed by atoms with E-state index in [1.807, 2.05) is 0 Å². The van der Waals surface area contributed by atoms with Gasteiger partial charge in [0.2, 0.25) is 0 Å². The number of alkyl halides is 6. The first-order valence-electron chi connectivity index (χ1n) is 8.62. The van der Waals surface area contributed by atoms with Crippen molar-refractivity contribution in [1.29, 1.82) is 0 Å². The number of carbonyl (C=O) groups is 1. The van der Waals surface area contributed by atoms with E-state index < -0.39 is 35.3 Å². The van der Waals surface area contributed by atoms with Crippen LogP contribution in [-0.2, 0) is 17.1 Å². The van der Waals surface area contributed by atoms with Crippen LogP contribution in [0.5, 0.6) is 0 Å². The third kappa shape index (κ3) is 4.56. The summed E-state index contributed by atoms with van der Waals surface area (Å²) in [5, 5.41) is 0. The lowest BCUT2D eigenvalue weighted by molar-refractivity contribution is -0.138. The van der Waals surface area contributed by atoms with Gasteiger partial charge in [0.05, 0.1) is 11.1 Å². The summed E-state index contributed by atoms with van der Waals surface area (Å²) >= 11 is 0. The van der Waals surface area contributed by atoms with Crippen LogP contribution in [0.25, 0.3) is 0 Å². The fourth-order valence-corrected chi connectivity index (χ4v) is 3.25. The lowest BCUT2D eigenvalue weighted by Gasteiger charge is -2.20. The first kappa shape index (κ1) is 22.0. The van der Waals surface area contributed by atoms with Crippen LogP contribution in [0.4, 0.5) is 26.3 Å². The number of hydrogen-bond donors (Lipinski definition) is 0. The molecule has 0 heterocycles. The topological polar surface area (TPSA) is 17.1 Å². The zero-order chi connectivity index (χ0) is 21.4. The number of benzene rings is 2. The predicted molar refractivity (Wildman–Crippen MR) is 94.2 cm³/mol. The molecule has 0 fully saturated rings. The summed E-state index contributed by atoms with van der Waals surface area (Å²) < 4.78 is 77.4. The molecule has 0 aliphatic rings.